The number of nitrogens with one attached hydrogen (secondary N) is 1. The number of H-pyrrole nitrogens is 1. The molecule has 3 fully saturated rings. The molecule has 3 aromatic rings. The zero-order valence-electron chi connectivity index (χ0n) is 22.6. The van der Waals surface area contributed by atoms with E-state index in [2.05, 4.69) is 49.2 Å². The van der Waals surface area contributed by atoms with Crippen molar-refractivity contribution < 1.29 is 22.7 Å². The van der Waals surface area contributed by atoms with Gasteiger partial charge in [0.1, 0.15) is 23.5 Å². The molecule has 41 heavy (non-hydrogen) atoms. The number of ether oxygens (including phenoxy) is 1. The monoisotopic (exact) mass is 587 g/mol. The fourth-order valence-electron chi connectivity index (χ4n) is 5.88. The highest BCUT2D eigenvalue weighted by Crippen LogP contribution is 2.37. The van der Waals surface area contributed by atoms with Gasteiger partial charge in [0, 0.05) is 67.1 Å². The van der Waals surface area contributed by atoms with Gasteiger partial charge in [-0.1, -0.05) is 29.8 Å². The van der Waals surface area contributed by atoms with E-state index in [4.69, 9.17) is 16.3 Å². The number of aromatic amines is 1. The van der Waals surface area contributed by atoms with Gasteiger partial charge in [0.05, 0.1) is 12.7 Å². The highest BCUT2D eigenvalue weighted by Gasteiger charge is 2.39. The molecule has 3 aliphatic rings. The van der Waals surface area contributed by atoms with E-state index in [-0.39, 0.29) is 11.5 Å². The quantitative estimate of drug-likeness (QED) is 0.328. The topological polar surface area (TPSA) is 64.7 Å². The second-order valence-electron chi connectivity index (χ2n) is 11.1. The van der Waals surface area contributed by atoms with Gasteiger partial charge in [0.15, 0.2) is 0 Å². The van der Waals surface area contributed by atoms with Crippen LogP contribution in [0.25, 0.3) is 11.1 Å². The smallest absolute Gasteiger partial charge is 0.342 e. The molecule has 0 bridgehead atoms. The Hall–Kier alpha value is -3.24. The summed E-state index contributed by atoms with van der Waals surface area (Å²) in [5.74, 6) is -0.575. The van der Waals surface area contributed by atoms with Crippen molar-refractivity contribution in [1.29, 1.82) is 0 Å². The average molecular weight is 588 g/mol. The van der Waals surface area contributed by atoms with Crippen molar-refractivity contribution in [1.82, 2.24) is 15.1 Å². The molecule has 2 saturated heterocycles. The van der Waals surface area contributed by atoms with Gasteiger partial charge in [-0.2, -0.15) is 5.10 Å². The molecular formula is C30H33ClF3N5O2. The van der Waals surface area contributed by atoms with Crippen LogP contribution in [0.4, 0.5) is 24.5 Å². The van der Waals surface area contributed by atoms with Crippen molar-refractivity contribution in [3.63, 3.8) is 0 Å². The Morgan fingerprint density at radius 3 is 2.54 bits per heavy atom. The van der Waals surface area contributed by atoms with Gasteiger partial charge >= 0.3 is 5.97 Å². The molecule has 1 unspecified atom stereocenters. The molecule has 0 amide bonds. The van der Waals surface area contributed by atoms with Crippen LogP contribution < -0.4 is 9.80 Å². The minimum Gasteiger partial charge on any atom is -0.457 e. The van der Waals surface area contributed by atoms with Gasteiger partial charge in [0.25, 0.3) is 6.43 Å². The van der Waals surface area contributed by atoms with Crippen LogP contribution in [0, 0.1) is 5.92 Å². The summed E-state index contributed by atoms with van der Waals surface area (Å²) in [6.45, 7) is 5.76. The van der Waals surface area contributed by atoms with Crippen LogP contribution in [-0.4, -0.2) is 79.2 Å². The van der Waals surface area contributed by atoms with E-state index in [0.717, 1.165) is 74.4 Å². The largest absolute Gasteiger partial charge is 0.457 e. The molecule has 7 nitrogen and oxygen atoms in total. The van der Waals surface area contributed by atoms with Crippen LogP contribution in [-0.2, 0) is 4.74 Å². The first kappa shape index (κ1) is 27.9. The predicted octanol–water partition coefficient (Wildman–Crippen LogP) is 5.97. The Bertz CT molecular complexity index is 1360. The Balaban J connectivity index is 1.13. The third-order valence-electron chi connectivity index (χ3n) is 8.30. The van der Waals surface area contributed by atoms with Crippen molar-refractivity contribution in [2.75, 3.05) is 55.6 Å². The maximum Gasteiger partial charge on any atom is 0.342 e. The van der Waals surface area contributed by atoms with Crippen molar-refractivity contribution in [2.45, 2.75) is 38.0 Å². The molecule has 3 atom stereocenters. The van der Waals surface area contributed by atoms with Crippen LogP contribution in [0.1, 0.15) is 41.7 Å². The number of hydrogen-bond donors (Lipinski definition) is 1. The fourth-order valence-corrected chi connectivity index (χ4v) is 6.04. The third-order valence-corrected chi connectivity index (χ3v) is 8.54. The molecule has 1 N–H and O–H groups in total. The Morgan fingerprint density at radius 2 is 1.83 bits per heavy atom. The molecule has 11 heteroatoms. The van der Waals surface area contributed by atoms with E-state index in [1.165, 1.54) is 0 Å². The summed E-state index contributed by atoms with van der Waals surface area (Å²) in [4.78, 5) is 19.5. The van der Waals surface area contributed by atoms with Crippen molar-refractivity contribution in [2.24, 2.45) is 5.92 Å². The SMILES string of the molecule is O=C(OC1CCCN(c2cc(Cl)ccc2-c2ccc(N3CCN(C[C@@H]4C[C@H]4F)CC3)cc2)C1)c1cn[nH]c1C(F)F. The first-order valence-electron chi connectivity index (χ1n) is 14.1. The molecule has 2 aromatic carbocycles. The van der Waals surface area contributed by atoms with Crippen molar-refractivity contribution in [3.8, 4) is 11.1 Å². The first-order valence-corrected chi connectivity index (χ1v) is 14.5. The van der Waals surface area contributed by atoms with Gasteiger partial charge in [-0.15, -0.1) is 0 Å². The minimum absolute atomic E-state index is 0.228. The molecular weight excluding hydrogens is 555 g/mol. The molecule has 6 rings (SSSR count). The number of halogens is 4. The minimum atomic E-state index is -2.84. The number of benzene rings is 2. The summed E-state index contributed by atoms with van der Waals surface area (Å²) in [7, 11) is 0. The van der Waals surface area contributed by atoms with E-state index in [1.807, 2.05) is 18.2 Å². The number of piperazine rings is 1. The molecule has 1 aromatic heterocycles. The maximum atomic E-state index is 13.3. The summed E-state index contributed by atoms with van der Waals surface area (Å²) in [6, 6.07) is 14.3. The van der Waals surface area contributed by atoms with E-state index in [9.17, 15) is 18.0 Å². The number of piperidine rings is 1. The molecule has 2 aliphatic heterocycles. The second kappa shape index (κ2) is 11.9. The Labute approximate surface area is 242 Å². The van der Waals surface area contributed by atoms with Crippen LogP contribution in [0.15, 0.2) is 48.7 Å². The highest BCUT2D eigenvalue weighted by atomic mass is 35.5. The zero-order chi connectivity index (χ0) is 28.5. The van der Waals surface area contributed by atoms with Crippen molar-refractivity contribution >= 4 is 28.9 Å². The lowest BCUT2D eigenvalue weighted by molar-refractivity contribution is 0.0261. The number of carbonyl (C=O) groups excluding carboxylic acids is 1. The molecule has 0 spiro atoms. The Morgan fingerprint density at radius 1 is 1.07 bits per heavy atom. The molecule has 3 heterocycles. The summed E-state index contributed by atoms with van der Waals surface area (Å²) in [5.41, 5.74) is 3.38. The van der Waals surface area contributed by atoms with Crippen LogP contribution in [0.5, 0.6) is 0 Å². The van der Waals surface area contributed by atoms with Gasteiger partial charge in [0.2, 0.25) is 0 Å². The average Bonchev–Trinajstić information content (AvgIpc) is 3.44. The molecule has 0 radical (unpaired) electrons. The van der Waals surface area contributed by atoms with Gasteiger partial charge in [-0.25, -0.2) is 18.0 Å². The Kier molecular flexibility index (Phi) is 8.12. The molecule has 1 aliphatic carbocycles. The van der Waals surface area contributed by atoms with Crippen LogP contribution in [0.2, 0.25) is 5.02 Å². The zero-order valence-corrected chi connectivity index (χ0v) is 23.4. The van der Waals surface area contributed by atoms with E-state index >= 15 is 0 Å². The van der Waals surface area contributed by atoms with E-state index < -0.39 is 30.4 Å². The lowest BCUT2D eigenvalue weighted by Crippen LogP contribution is -2.47. The maximum absolute atomic E-state index is 13.3. The standard InChI is InChI=1S/C30H33ClF3N5O2/c31-21-5-8-24(19-3-6-22(7-4-19)38-12-10-37(11-13-38)17-20-14-26(20)32)27(15-21)39-9-1-2-23(18-39)41-30(40)25-16-35-36-28(25)29(33)34/h3-8,15-16,20,23,26,29H,1-2,9-14,17-18H2,(H,35,36)/t20-,23?,26+/m0/s1. The predicted molar refractivity (Wildman–Crippen MR) is 153 cm³/mol. The number of rotatable bonds is 8. The van der Waals surface area contributed by atoms with Gasteiger partial charge < -0.3 is 14.5 Å². The number of carbonyl (C=O) groups is 1. The molecule has 218 valence electrons. The number of anilines is 2. The third kappa shape index (κ3) is 6.33. The number of alkyl halides is 3. The lowest BCUT2D eigenvalue weighted by Gasteiger charge is -2.36. The van der Waals surface area contributed by atoms with E-state index in [1.54, 1.807) is 0 Å². The number of esters is 1. The number of hydrogen-bond acceptors (Lipinski definition) is 6. The normalized spacial score (nSPS) is 23.2. The summed E-state index contributed by atoms with van der Waals surface area (Å²) in [5, 5.41) is 6.36. The fraction of sp³-hybridized carbons (Fsp3) is 0.467. The summed E-state index contributed by atoms with van der Waals surface area (Å²) >= 11 is 6.42. The van der Waals surface area contributed by atoms with Gasteiger partial charge in [-0.05, 0) is 49.1 Å². The highest BCUT2D eigenvalue weighted by molar-refractivity contribution is 6.31. The summed E-state index contributed by atoms with van der Waals surface area (Å²) in [6.07, 6.45) is -0.701. The van der Waals surface area contributed by atoms with E-state index in [0.29, 0.717) is 24.4 Å². The van der Waals surface area contributed by atoms with Crippen LogP contribution in [0.3, 0.4) is 0 Å². The second-order valence-corrected chi connectivity index (χ2v) is 11.6. The lowest BCUT2D eigenvalue weighted by atomic mass is 10.00. The number of nitrogens with zero attached hydrogens (tertiary/aromatic N) is 4. The molecule has 1 saturated carbocycles. The van der Waals surface area contributed by atoms with Crippen molar-refractivity contribution in [3.05, 3.63) is 64.9 Å². The first-order chi connectivity index (χ1) is 19.9. The number of aromatic nitrogens is 2. The van der Waals surface area contributed by atoms with Crippen LogP contribution >= 0.6 is 11.6 Å². The van der Waals surface area contributed by atoms with Gasteiger partial charge in [-0.3, -0.25) is 10.00 Å². The summed E-state index contributed by atoms with van der Waals surface area (Å²) < 4.78 is 45.3.